The van der Waals surface area contributed by atoms with Gasteiger partial charge < -0.3 is 9.72 Å². The quantitative estimate of drug-likeness (QED) is 0.627. The van der Waals surface area contributed by atoms with E-state index in [0.29, 0.717) is 6.42 Å². The van der Waals surface area contributed by atoms with E-state index >= 15 is 0 Å². The van der Waals surface area contributed by atoms with Crippen LogP contribution in [-0.2, 0) is 9.53 Å². The zero-order valence-electron chi connectivity index (χ0n) is 12.2. The van der Waals surface area contributed by atoms with E-state index in [1.165, 1.54) is 12.8 Å². The van der Waals surface area contributed by atoms with E-state index in [1.54, 1.807) is 0 Å². The third kappa shape index (κ3) is 12.8. The van der Waals surface area contributed by atoms with Gasteiger partial charge in [0.05, 0.1) is 0 Å². The molecule has 3 nitrogen and oxygen atoms in total. The summed E-state index contributed by atoms with van der Waals surface area (Å²) in [4.78, 5) is 14.1. The fourth-order valence-electron chi connectivity index (χ4n) is 1.37. The number of esters is 1. The molecule has 1 heterocycles. The molecule has 18 heavy (non-hydrogen) atoms. The van der Waals surface area contributed by atoms with Crippen LogP contribution in [0.25, 0.3) is 0 Å². The second-order valence-corrected chi connectivity index (χ2v) is 5.28. The number of nitrogens with one attached hydrogen (secondary N) is 1. The maximum atomic E-state index is 11.2. The fourth-order valence-corrected chi connectivity index (χ4v) is 1.37. The summed E-state index contributed by atoms with van der Waals surface area (Å²) in [5, 5.41) is 0. The number of carbonyl (C=O) groups is 1. The normalized spacial score (nSPS) is 10.4. The summed E-state index contributed by atoms with van der Waals surface area (Å²) >= 11 is 0. The Kier molecular flexibility index (Phi) is 9.07. The van der Waals surface area contributed by atoms with Crippen molar-refractivity contribution in [3.8, 4) is 0 Å². The predicted molar refractivity (Wildman–Crippen MR) is 75.4 cm³/mol. The molecule has 0 aromatic carbocycles. The van der Waals surface area contributed by atoms with E-state index in [0.717, 1.165) is 12.8 Å². The van der Waals surface area contributed by atoms with Gasteiger partial charge >= 0.3 is 5.97 Å². The highest BCUT2D eigenvalue weighted by atomic mass is 16.6. The van der Waals surface area contributed by atoms with Gasteiger partial charge in [0.15, 0.2) is 0 Å². The Labute approximate surface area is 111 Å². The van der Waals surface area contributed by atoms with E-state index in [4.69, 9.17) is 4.74 Å². The smallest absolute Gasteiger partial charge is 0.306 e. The van der Waals surface area contributed by atoms with Crippen molar-refractivity contribution in [2.24, 2.45) is 0 Å². The number of ether oxygens (including phenoxy) is 1. The molecule has 1 aromatic rings. The van der Waals surface area contributed by atoms with Crippen molar-refractivity contribution >= 4 is 5.97 Å². The first-order valence-corrected chi connectivity index (χ1v) is 6.75. The van der Waals surface area contributed by atoms with Crippen LogP contribution < -0.4 is 0 Å². The molecule has 0 atom stereocenters. The lowest BCUT2D eigenvalue weighted by Gasteiger charge is -2.19. The standard InChI is InChI=1S/C11H22O2.C4H5N/c1-5-6-7-8-9-10(12)13-11(2,3)4;1-2-4-5-3-1/h5-9H2,1-4H3;1-5H. The minimum atomic E-state index is -0.332. The first-order chi connectivity index (χ1) is 8.45. The van der Waals surface area contributed by atoms with Gasteiger partial charge in [-0.2, -0.15) is 0 Å². The lowest BCUT2D eigenvalue weighted by atomic mass is 10.1. The highest BCUT2D eigenvalue weighted by Crippen LogP contribution is 2.10. The summed E-state index contributed by atoms with van der Waals surface area (Å²) in [5.41, 5.74) is -0.332. The molecule has 0 aliphatic carbocycles. The number of aromatic amines is 1. The minimum absolute atomic E-state index is 0.0661. The van der Waals surface area contributed by atoms with Crippen LogP contribution in [0.3, 0.4) is 0 Å². The van der Waals surface area contributed by atoms with Gasteiger partial charge in [0.25, 0.3) is 0 Å². The number of hydrogen-bond donors (Lipinski definition) is 1. The van der Waals surface area contributed by atoms with Crippen molar-refractivity contribution in [3.63, 3.8) is 0 Å². The van der Waals surface area contributed by atoms with Crippen LogP contribution in [0.5, 0.6) is 0 Å². The van der Waals surface area contributed by atoms with Crippen LogP contribution in [0.1, 0.15) is 59.8 Å². The first-order valence-electron chi connectivity index (χ1n) is 6.75. The molecule has 1 rings (SSSR count). The number of carbonyl (C=O) groups excluding carboxylic acids is 1. The first kappa shape index (κ1) is 16.8. The lowest BCUT2D eigenvalue weighted by Crippen LogP contribution is -2.23. The maximum absolute atomic E-state index is 11.2. The molecule has 0 radical (unpaired) electrons. The molecular weight excluding hydrogens is 226 g/mol. The number of hydrogen-bond acceptors (Lipinski definition) is 2. The van der Waals surface area contributed by atoms with Crippen LogP contribution in [0.4, 0.5) is 0 Å². The van der Waals surface area contributed by atoms with Gasteiger partial charge in [-0.05, 0) is 39.3 Å². The molecule has 0 bridgehead atoms. The Hall–Kier alpha value is -1.25. The van der Waals surface area contributed by atoms with E-state index in [1.807, 2.05) is 45.3 Å². The van der Waals surface area contributed by atoms with E-state index in [-0.39, 0.29) is 11.6 Å². The number of aromatic nitrogens is 1. The van der Waals surface area contributed by atoms with Gasteiger partial charge in [0.1, 0.15) is 5.60 Å². The second kappa shape index (κ2) is 9.75. The second-order valence-electron chi connectivity index (χ2n) is 5.28. The van der Waals surface area contributed by atoms with Gasteiger partial charge in [0.2, 0.25) is 0 Å². The van der Waals surface area contributed by atoms with Crippen LogP contribution in [0, 0.1) is 0 Å². The van der Waals surface area contributed by atoms with Crippen LogP contribution in [-0.4, -0.2) is 16.6 Å². The highest BCUT2D eigenvalue weighted by Gasteiger charge is 2.15. The van der Waals surface area contributed by atoms with Crippen molar-refractivity contribution in [1.82, 2.24) is 4.98 Å². The number of unbranched alkanes of at least 4 members (excludes halogenated alkanes) is 3. The summed E-state index contributed by atoms with van der Waals surface area (Å²) < 4.78 is 5.18. The van der Waals surface area contributed by atoms with Crippen LogP contribution in [0.2, 0.25) is 0 Å². The predicted octanol–water partition coefficient (Wildman–Crippen LogP) is 4.31. The van der Waals surface area contributed by atoms with Gasteiger partial charge in [-0.15, -0.1) is 0 Å². The van der Waals surface area contributed by atoms with Crippen molar-refractivity contribution < 1.29 is 9.53 Å². The largest absolute Gasteiger partial charge is 0.460 e. The SMILES string of the molecule is CCCCCCC(=O)OC(C)(C)C.c1cc[nH]c1. The zero-order chi connectivity index (χ0) is 13.9. The fraction of sp³-hybridized carbons (Fsp3) is 0.667. The summed E-state index contributed by atoms with van der Waals surface area (Å²) in [6.45, 7) is 7.86. The molecule has 1 N–H and O–H groups in total. The summed E-state index contributed by atoms with van der Waals surface area (Å²) in [6, 6.07) is 3.89. The highest BCUT2D eigenvalue weighted by molar-refractivity contribution is 5.69. The Bertz CT molecular complexity index is 269. The molecule has 0 amide bonds. The summed E-state index contributed by atoms with van der Waals surface area (Å²) in [5.74, 6) is -0.0661. The third-order valence-corrected chi connectivity index (χ3v) is 2.15. The van der Waals surface area contributed by atoms with Crippen molar-refractivity contribution in [1.29, 1.82) is 0 Å². The monoisotopic (exact) mass is 253 g/mol. The number of rotatable bonds is 5. The third-order valence-electron chi connectivity index (χ3n) is 2.15. The molecular formula is C15H27NO2. The van der Waals surface area contributed by atoms with Gasteiger partial charge in [0, 0.05) is 18.8 Å². The molecule has 0 unspecified atom stereocenters. The molecule has 104 valence electrons. The van der Waals surface area contributed by atoms with E-state index in [2.05, 4.69) is 11.9 Å². The Morgan fingerprint density at radius 1 is 1.11 bits per heavy atom. The molecule has 3 heteroatoms. The molecule has 0 fully saturated rings. The molecule has 1 aromatic heterocycles. The average Bonchev–Trinajstić information content (AvgIpc) is 2.80. The van der Waals surface area contributed by atoms with Crippen molar-refractivity contribution in [2.75, 3.05) is 0 Å². The number of H-pyrrole nitrogens is 1. The van der Waals surface area contributed by atoms with E-state index < -0.39 is 0 Å². The zero-order valence-corrected chi connectivity index (χ0v) is 12.2. The Morgan fingerprint density at radius 3 is 2.11 bits per heavy atom. The van der Waals surface area contributed by atoms with Crippen molar-refractivity contribution in [2.45, 2.75) is 65.4 Å². The van der Waals surface area contributed by atoms with E-state index in [9.17, 15) is 4.79 Å². The minimum Gasteiger partial charge on any atom is -0.460 e. The maximum Gasteiger partial charge on any atom is 0.306 e. The molecule has 0 aliphatic rings. The van der Waals surface area contributed by atoms with Gasteiger partial charge in [-0.1, -0.05) is 26.2 Å². The average molecular weight is 253 g/mol. The molecule has 0 saturated carbocycles. The molecule has 0 aliphatic heterocycles. The lowest BCUT2D eigenvalue weighted by molar-refractivity contribution is -0.154. The van der Waals surface area contributed by atoms with Crippen LogP contribution in [0.15, 0.2) is 24.5 Å². The van der Waals surface area contributed by atoms with Gasteiger partial charge in [-0.3, -0.25) is 4.79 Å². The topological polar surface area (TPSA) is 42.1 Å². The van der Waals surface area contributed by atoms with Gasteiger partial charge in [-0.25, -0.2) is 0 Å². The summed E-state index contributed by atoms with van der Waals surface area (Å²) in [7, 11) is 0. The Morgan fingerprint density at radius 2 is 1.72 bits per heavy atom. The molecule has 0 saturated heterocycles. The summed E-state index contributed by atoms with van der Waals surface area (Å²) in [6.07, 6.45) is 8.83. The van der Waals surface area contributed by atoms with Crippen LogP contribution >= 0.6 is 0 Å². The van der Waals surface area contributed by atoms with Crippen molar-refractivity contribution in [3.05, 3.63) is 24.5 Å². The molecule has 0 spiro atoms. The Balaban J connectivity index is 0.000000473.